The van der Waals surface area contributed by atoms with Crippen molar-refractivity contribution in [2.75, 3.05) is 7.11 Å². The molecule has 5 rings (SSSR count). The molecule has 1 unspecified atom stereocenters. The lowest BCUT2D eigenvalue weighted by Crippen LogP contribution is -2.66. The summed E-state index contributed by atoms with van der Waals surface area (Å²) in [6.45, 7) is 3.60. The Morgan fingerprint density at radius 1 is 1.04 bits per heavy atom. The fraction of sp³-hybridized carbons (Fsp3) is 0.333. The maximum Gasteiger partial charge on any atom is 0.332 e. The molecule has 2 bridgehead atoms. The van der Waals surface area contributed by atoms with Crippen molar-refractivity contribution in [1.29, 1.82) is 0 Å². The Balaban J connectivity index is 2.07. The second kappa shape index (κ2) is 5.19. The van der Waals surface area contributed by atoms with E-state index in [-0.39, 0.29) is 23.2 Å². The van der Waals surface area contributed by atoms with Gasteiger partial charge in [0.15, 0.2) is 0 Å². The molecule has 3 aliphatic rings. The van der Waals surface area contributed by atoms with Crippen molar-refractivity contribution in [3.63, 3.8) is 0 Å². The van der Waals surface area contributed by atoms with Gasteiger partial charge in [-0.3, -0.25) is 4.79 Å². The van der Waals surface area contributed by atoms with Crippen molar-refractivity contribution in [2.45, 2.75) is 37.1 Å². The summed E-state index contributed by atoms with van der Waals surface area (Å²) in [6, 6.07) is 16.4. The molecular weight excluding hydrogens is 314 g/mol. The quantitative estimate of drug-likeness (QED) is 0.859. The number of methoxy groups -OCH3 is 1. The highest BCUT2D eigenvalue weighted by Crippen LogP contribution is 2.60. The van der Waals surface area contributed by atoms with Gasteiger partial charge in [-0.15, -0.1) is 0 Å². The first kappa shape index (κ1) is 15.9. The van der Waals surface area contributed by atoms with E-state index in [0.717, 1.165) is 11.1 Å². The molecule has 1 N–H and O–H groups in total. The van der Waals surface area contributed by atoms with Crippen LogP contribution in [-0.2, 0) is 19.7 Å². The third-order valence-electron chi connectivity index (χ3n) is 5.81. The van der Waals surface area contributed by atoms with Gasteiger partial charge < -0.3 is 10.1 Å². The Labute approximate surface area is 147 Å². The number of hydrogen-bond acceptors (Lipinski definition) is 3. The van der Waals surface area contributed by atoms with Crippen molar-refractivity contribution < 1.29 is 14.3 Å². The van der Waals surface area contributed by atoms with E-state index in [2.05, 4.69) is 36.5 Å². The highest BCUT2D eigenvalue weighted by molar-refractivity contribution is 5.91. The molecule has 4 heteroatoms. The number of nitrogens with one attached hydrogen (secondary N) is 1. The van der Waals surface area contributed by atoms with E-state index in [9.17, 15) is 9.59 Å². The van der Waals surface area contributed by atoms with E-state index < -0.39 is 5.54 Å². The SMILES string of the molecule is COC(=O)C1(NC(C)=O)CC2(C)c3ccccc3C1c1ccccc12. The van der Waals surface area contributed by atoms with E-state index in [1.54, 1.807) is 0 Å². The molecule has 0 saturated carbocycles. The van der Waals surface area contributed by atoms with Crippen molar-refractivity contribution in [2.24, 2.45) is 0 Å². The van der Waals surface area contributed by atoms with Crippen LogP contribution in [0.4, 0.5) is 0 Å². The van der Waals surface area contributed by atoms with Gasteiger partial charge in [0.1, 0.15) is 5.54 Å². The number of esters is 1. The normalized spacial score (nSPS) is 28.7. The molecule has 0 fully saturated rings. The van der Waals surface area contributed by atoms with Gasteiger partial charge in [0.2, 0.25) is 5.91 Å². The number of rotatable bonds is 2. The topological polar surface area (TPSA) is 55.4 Å². The third-order valence-corrected chi connectivity index (χ3v) is 5.81. The van der Waals surface area contributed by atoms with Crippen molar-refractivity contribution in [1.82, 2.24) is 5.32 Å². The summed E-state index contributed by atoms with van der Waals surface area (Å²) in [5.41, 5.74) is 3.19. The summed E-state index contributed by atoms with van der Waals surface area (Å²) < 4.78 is 5.17. The van der Waals surface area contributed by atoms with E-state index in [0.29, 0.717) is 6.42 Å². The predicted molar refractivity (Wildman–Crippen MR) is 94.4 cm³/mol. The minimum absolute atomic E-state index is 0.225. The van der Waals surface area contributed by atoms with E-state index in [1.807, 2.05) is 24.3 Å². The van der Waals surface area contributed by atoms with Gasteiger partial charge in [0, 0.05) is 18.3 Å². The number of fused-ring (bicyclic) bond motifs is 1. The zero-order valence-corrected chi connectivity index (χ0v) is 14.6. The van der Waals surface area contributed by atoms with Crippen molar-refractivity contribution in [3.8, 4) is 0 Å². The molecule has 2 aromatic rings. The zero-order chi connectivity index (χ0) is 17.8. The fourth-order valence-electron chi connectivity index (χ4n) is 5.05. The summed E-state index contributed by atoms with van der Waals surface area (Å²) in [5, 5.41) is 2.97. The smallest absolute Gasteiger partial charge is 0.332 e. The van der Waals surface area contributed by atoms with Crippen LogP contribution >= 0.6 is 0 Å². The highest BCUT2D eigenvalue weighted by atomic mass is 16.5. The molecule has 0 aromatic heterocycles. The van der Waals surface area contributed by atoms with Crippen LogP contribution in [0.15, 0.2) is 48.5 Å². The average molecular weight is 335 g/mol. The van der Waals surface area contributed by atoms with E-state index in [1.165, 1.54) is 25.2 Å². The lowest BCUT2D eigenvalue weighted by molar-refractivity contribution is -0.153. The highest BCUT2D eigenvalue weighted by Gasteiger charge is 2.62. The summed E-state index contributed by atoms with van der Waals surface area (Å²) in [4.78, 5) is 25.0. The van der Waals surface area contributed by atoms with Gasteiger partial charge in [-0.25, -0.2) is 4.79 Å². The van der Waals surface area contributed by atoms with Crippen molar-refractivity contribution in [3.05, 3.63) is 70.8 Å². The van der Waals surface area contributed by atoms with Crippen LogP contribution in [0.2, 0.25) is 0 Å². The number of amides is 1. The monoisotopic (exact) mass is 335 g/mol. The lowest BCUT2D eigenvalue weighted by Gasteiger charge is -2.56. The first-order valence-electron chi connectivity index (χ1n) is 8.50. The number of ether oxygens (including phenoxy) is 1. The van der Waals surface area contributed by atoms with E-state index in [4.69, 9.17) is 4.74 Å². The Kier molecular flexibility index (Phi) is 3.29. The summed E-state index contributed by atoms with van der Waals surface area (Å²) in [5.74, 6) is -0.863. The van der Waals surface area contributed by atoms with Gasteiger partial charge in [-0.2, -0.15) is 0 Å². The third kappa shape index (κ3) is 1.94. The second-order valence-corrected chi connectivity index (χ2v) is 7.26. The van der Waals surface area contributed by atoms with Gasteiger partial charge >= 0.3 is 5.97 Å². The molecule has 1 atom stereocenters. The van der Waals surface area contributed by atoms with Gasteiger partial charge in [0.05, 0.1) is 7.11 Å². The van der Waals surface area contributed by atoms with Crippen molar-refractivity contribution >= 4 is 11.9 Å². The second-order valence-electron chi connectivity index (χ2n) is 7.26. The molecule has 4 nitrogen and oxygen atoms in total. The number of hydrogen-bond donors (Lipinski definition) is 1. The minimum Gasteiger partial charge on any atom is -0.467 e. The Morgan fingerprint density at radius 2 is 1.56 bits per heavy atom. The van der Waals surface area contributed by atoms with Crippen LogP contribution in [0.3, 0.4) is 0 Å². The Hall–Kier alpha value is -2.62. The number of carbonyl (C=O) groups excluding carboxylic acids is 2. The average Bonchev–Trinajstić information content (AvgIpc) is 2.60. The van der Waals surface area contributed by atoms with E-state index >= 15 is 0 Å². The maximum atomic E-state index is 12.9. The molecule has 2 aromatic carbocycles. The number of carbonyl (C=O) groups is 2. The fourth-order valence-corrected chi connectivity index (χ4v) is 5.05. The van der Waals surface area contributed by atoms with Crippen LogP contribution in [0.5, 0.6) is 0 Å². The molecule has 1 amide bonds. The molecule has 0 aliphatic heterocycles. The minimum atomic E-state index is -1.09. The lowest BCUT2D eigenvalue weighted by atomic mass is 9.49. The van der Waals surface area contributed by atoms with Crippen LogP contribution in [0, 0.1) is 0 Å². The van der Waals surface area contributed by atoms with Crippen LogP contribution in [0.1, 0.15) is 48.4 Å². The molecule has 0 spiro atoms. The Morgan fingerprint density at radius 3 is 2.04 bits per heavy atom. The van der Waals surface area contributed by atoms with Gasteiger partial charge in [-0.1, -0.05) is 55.5 Å². The first-order chi connectivity index (χ1) is 11.9. The zero-order valence-electron chi connectivity index (χ0n) is 14.6. The molecule has 25 heavy (non-hydrogen) atoms. The number of benzene rings is 2. The summed E-state index contributed by atoms with van der Waals surface area (Å²) in [6.07, 6.45) is 0.491. The molecule has 128 valence electrons. The van der Waals surface area contributed by atoms with Gasteiger partial charge in [0.25, 0.3) is 0 Å². The standard InChI is InChI=1S/C21H21NO3/c1-13(23)22-21(19(24)25-3)12-20(2)16-10-6-4-8-14(16)18(21)15-9-5-7-11-17(15)20/h4-11,18H,12H2,1-3H3,(H,22,23). The maximum absolute atomic E-state index is 12.9. The molecular formula is C21H21NO3. The molecule has 0 heterocycles. The molecule has 0 saturated heterocycles. The molecule has 3 aliphatic carbocycles. The predicted octanol–water partition coefficient (Wildman–Crippen LogP) is 2.89. The van der Waals surface area contributed by atoms with Crippen LogP contribution < -0.4 is 5.32 Å². The molecule has 0 radical (unpaired) electrons. The summed E-state index contributed by atoms with van der Waals surface area (Å²) >= 11 is 0. The Bertz CT molecular complexity index is 841. The first-order valence-corrected chi connectivity index (χ1v) is 8.50. The van der Waals surface area contributed by atoms with Gasteiger partial charge in [-0.05, 0) is 28.7 Å². The summed E-state index contributed by atoms with van der Waals surface area (Å²) in [7, 11) is 1.38. The van der Waals surface area contributed by atoms with Crippen LogP contribution in [-0.4, -0.2) is 24.5 Å². The van der Waals surface area contributed by atoms with Crippen LogP contribution in [0.25, 0.3) is 0 Å². The largest absolute Gasteiger partial charge is 0.467 e.